The number of aromatic nitrogens is 1. The molecule has 24 heavy (non-hydrogen) atoms. The second kappa shape index (κ2) is 6.40. The summed E-state index contributed by atoms with van der Waals surface area (Å²) in [5.74, 6) is -0.0555. The first-order valence-corrected chi connectivity index (χ1v) is 8.06. The van der Waals surface area contributed by atoms with Gasteiger partial charge in [0.05, 0.1) is 18.7 Å². The van der Waals surface area contributed by atoms with Crippen molar-refractivity contribution in [3.8, 4) is 17.0 Å². The number of carboxylic acids is 1. The van der Waals surface area contributed by atoms with Crippen molar-refractivity contribution in [2.24, 2.45) is 0 Å². The molecule has 124 valence electrons. The fraction of sp³-hybridized carbons (Fsp3) is 0.250. The third kappa shape index (κ3) is 3.00. The molecule has 3 rings (SSSR count). The lowest BCUT2D eigenvalue weighted by atomic mass is 10.00. The summed E-state index contributed by atoms with van der Waals surface area (Å²) in [5, 5.41) is 10.3. The maximum absolute atomic E-state index is 11.4. The van der Waals surface area contributed by atoms with Gasteiger partial charge in [-0.05, 0) is 50.1 Å². The van der Waals surface area contributed by atoms with Crippen molar-refractivity contribution in [3.63, 3.8) is 0 Å². The Balaban J connectivity index is 2.24. The summed E-state index contributed by atoms with van der Waals surface area (Å²) in [7, 11) is 0. The van der Waals surface area contributed by atoms with E-state index in [2.05, 4.69) is 11.1 Å². The van der Waals surface area contributed by atoms with Crippen LogP contribution in [0.15, 0.2) is 36.4 Å². The van der Waals surface area contributed by atoms with E-state index in [-0.39, 0.29) is 6.42 Å². The van der Waals surface area contributed by atoms with E-state index >= 15 is 0 Å². The molecule has 4 heteroatoms. The van der Waals surface area contributed by atoms with Gasteiger partial charge in [-0.25, -0.2) is 0 Å². The zero-order valence-electron chi connectivity index (χ0n) is 14.1. The van der Waals surface area contributed by atoms with Gasteiger partial charge >= 0.3 is 5.97 Å². The Morgan fingerprint density at radius 3 is 2.71 bits per heavy atom. The minimum Gasteiger partial charge on any atom is -0.494 e. The molecule has 3 aromatic rings. The zero-order valence-corrected chi connectivity index (χ0v) is 14.1. The van der Waals surface area contributed by atoms with Gasteiger partial charge in [-0.2, -0.15) is 0 Å². The van der Waals surface area contributed by atoms with Gasteiger partial charge in [0.2, 0.25) is 0 Å². The van der Waals surface area contributed by atoms with Crippen LogP contribution in [0.5, 0.6) is 5.75 Å². The van der Waals surface area contributed by atoms with Crippen molar-refractivity contribution in [1.82, 2.24) is 4.98 Å². The van der Waals surface area contributed by atoms with Crippen LogP contribution in [0, 0.1) is 13.8 Å². The summed E-state index contributed by atoms with van der Waals surface area (Å²) in [6.45, 7) is 6.60. The number of hydrogen-bond acceptors (Lipinski definition) is 2. The highest BCUT2D eigenvalue weighted by molar-refractivity contribution is 5.96. The highest BCUT2D eigenvalue weighted by Crippen LogP contribution is 2.34. The maximum Gasteiger partial charge on any atom is 0.307 e. The standard InChI is InChI=1S/C20H21NO3/c1-4-24-15-7-5-6-14(10-15)20-17(11-18(22)23)16-9-12(2)8-13(3)19(16)21-20/h5-10,21H,4,11H2,1-3H3,(H,22,23). The van der Waals surface area contributed by atoms with E-state index in [1.807, 2.05) is 51.1 Å². The molecular weight excluding hydrogens is 302 g/mol. The Kier molecular flexibility index (Phi) is 4.30. The van der Waals surface area contributed by atoms with Gasteiger partial charge in [0, 0.05) is 16.5 Å². The van der Waals surface area contributed by atoms with Gasteiger partial charge in [0.15, 0.2) is 0 Å². The molecular formula is C20H21NO3. The third-order valence-corrected chi connectivity index (χ3v) is 4.12. The Labute approximate surface area is 141 Å². The maximum atomic E-state index is 11.4. The van der Waals surface area contributed by atoms with Crippen LogP contribution in [0.2, 0.25) is 0 Å². The number of nitrogens with one attached hydrogen (secondary N) is 1. The summed E-state index contributed by atoms with van der Waals surface area (Å²) < 4.78 is 5.58. The molecule has 4 nitrogen and oxygen atoms in total. The lowest BCUT2D eigenvalue weighted by molar-refractivity contribution is -0.136. The molecule has 0 aliphatic rings. The fourth-order valence-corrected chi connectivity index (χ4v) is 3.20. The predicted octanol–water partition coefficient (Wildman–Crippen LogP) is 4.48. The van der Waals surface area contributed by atoms with E-state index < -0.39 is 5.97 Å². The van der Waals surface area contributed by atoms with Crippen molar-refractivity contribution in [1.29, 1.82) is 0 Å². The van der Waals surface area contributed by atoms with E-state index in [0.717, 1.165) is 44.6 Å². The first-order chi connectivity index (χ1) is 11.5. The van der Waals surface area contributed by atoms with E-state index in [0.29, 0.717) is 6.61 Å². The van der Waals surface area contributed by atoms with Gasteiger partial charge in [-0.1, -0.05) is 23.8 Å². The molecule has 0 radical (unpaired) electrons. The lowest BCUT2D eigenvalue weighted by Gasteiger charge is -2.07. The molecule has 0 saturated carbocycles. The number of carboxylic acid groups (broad SMARTS) is 1. The topological polar surface area (TPSA) is 62.3 Å². The van der Waals surface area contributed by atoms with Crippen molar-refractivity contribution in [2.45, 2.75) is 27.2 Å². The quantitative estimate of drug-likeness (QED) is 0.728. The number of aromatic amines is 1. The zero-order chi connectivity index (χ0) is 17.3. The number of ether oxygens (including phenoxy) is 1. The average Bonchev–Trinajstić information content (AvgIpc) is 2.86. The Bertz CT molecular complexity index is 909. The molecule has 0 spiro atoms. The van der Waals surface area contributed by atoms with Crippen LogP contribution in [0.3, 0.4) is 0 Å². The Morgan fingerprint density at radius 1 is 1.21 bits per heavy atom. The molecule has 0 bridgehead atoms. The number of hydrogen-bond donors (Lipinski definition) is 2. The number of carbonyl (C=O) groups is 1. The second-order valence-corrected chi connectivity index (χ2v) is 6.01. The molecule has 2 N–H and O–H groups in total. The molecule has 0 saturated heterocycles. The Morgan fingerprint density at radius 2 is 2.00 bits per heavy atom. The first kappa shape index (κ1) is 16.1. The van der Waals surface area contributed by atoms with E-state index in [1.165, 1.54) is 0 Å². The van der Waals surface area contributed by atoms with Crippen LogP contribution in [-0.2, 0) is 11.2 Å². The van der Waals surface area contributed by atoms with Crippen molar-refractivity contribution in [2.75, 3.05) is 6.61 Å². The van der Waals surface area contributed by atoms with Gasteiger partial charge in [0.1, 0.15) is 5.75 Å². The normalized spacial score (nSPS) is 11.0. The summed E-state index contributed by atoms with van der Waals surface area (Å²) in [6, 6.07) is 11.9. The van der Waals surface area contributed by atoms with Crippen molar-refractivity contribution >= 4 is 16.9 Å². The van der Waals surface area contributed by atoms with E-state index in [9.17, 15) is 9.90 Å². The summed E-state index contributed by atoms with van der Waals surface area (Å²) in [4.78, 5) is 14.8. The molecule has 0 aliphatic heterocycles. The van der Waals surface area contributed by atoms with Crippen LogP contribution in [0.25, 0.3) is 22.2 Å². The van der Waals surface area contributed by atoms with Crippen LogP contribution in [0.4, 0.5) is 0 Å². The monoisotopic (exact) mass is 323 g/mol. The minimum absolute atomic E-state index is 0.0168. The largest absolute Gasteiger partial charge is 0.494 e. The van der Waals surface area contributed by atoms with Crippen molar-refractivity contribution < 1.29 is 14.6 Å². The van der Waals surface area contributed by atoms with Gasteiger partial charge < -0.3 is 14.8 Å². The number of fused-ring (bicyclic) bond motifs is 1. The summed E-state index contributed by atoms with van der Waals surface area (Å²) in [5.41, 5.74) is 5.84. The first-order valence-electron chi connectivity index (χ1n) is 8.06. The van der Waals surface area contributed by atoms with Crippen LogP contribution in [0.1, 0.15) is 23.6 Å². The number of rotatable bonds is 5. The number of H-pyrrole nitrogens is 1. The molecule has 1 aromatic heterocycles. The average molecular weight is 323 g/mol. The molecule has 1 heterocycles. The van der Waals surface area contributed by atoms with E-state index in [1.54, 1.807) is 0 Å². The SMILES string of the molecule is CCOc1cccc(-c2[nH]c3c(C)cc(C)cc3c2CC(=O)O)c1. The van der Waals surface area contributed by atoms with Crippen LogP contribution >= 0.6 is 0 Å². The molecule has 2 aromatic carbocycles. The molecule has 0 fully saturated rings. The second-order valence-electron chi connectivity index (χ2n) is 6.01. The summed E-state index contributed by atoms with van der Waals surface area (Å²) in [6.07, 6.45) is -0.0168. The van der Waals surface area contributed by atoms with Gasteiger partial charge in [-0.3, -0.25) is 4.79 Å². The number of benzene rings is 2. The molecule has 0 aliphatic carbocycles. The number of aliphatic carboxylic acids is 1. The third-order valence-electron chi connectivity index (χ3n) is 4.12. The molecule has 0 unspecified atom stereocenters. The minimum atomic E-state index is -0.836. The smallest absolute Gasteiger partial charge is 0.307 e. The fourth-order valence-electron chi connectivity index (χ4n) is 3.20. The Hall–Kier alpha value is -2.75. The summed E-state index contributed by atoms with van der Waals surface area (Å²) >= 11 is 0. The van der Waals surface area contributed by atoms with Crippen LogP contribution in [-0.4, -0.2) is 22.7 Å². The van der Waals surface area contributed by atoms with Crippen molar-refractivity contribution in [3.05, 3.63) is 53.1 Å². The van der Waals surface area contributed by atoms with E-state index in [4.69, 9.17) is 4.74 Å². The highest BCUT2D eigenvalue weighted by atomic mass is 16.5. The van der Waals surface area contributed by atoms with Gasteiger partial charge in [-0.15, -0.1) is 0 Å². The lowest BCUT2D eigenvalue weighted by Crippen LogP contribution is -2.01. The predicted molar refractivity (Wildman–Crippen MR) is 95.7 cm³/mol. The highest BCUT2D eigenvalue weighted by Gasteiger charge is 2.17. The number of aryl methyl sites for hydroxylation is 2. The van der Waals surface area contributed by atoms with Crippen LogP contribution < -0.4 is 4.74 Å². The molecule has 0 amide bonds. The van der Waals surface area contributed by atoms with Gasteiger partial charge in [0.25, 0.3) is 0 Å². The molecule has 0 atom stereocenters.